The average molecular weight is 409 g/mol. The second-order valence-corrected chi connectivity index (χ2v) is 7.90. The molecule has 6 heteroatoms. The number of aromatic nitrogens is 3. The highest BCUT2D eigenvalue weighted by molar-refractivity contribution is 7.71. The fourth-order valence-corrected chi connectivity index (χ4v) is 4.26. The van der Waals surface area contributed by atoms with Crippen molar-refractivity contribution in [3.63, 3.8) is 0 Å². The molecule has 2 heterocycles. The van der Waals surface area contributed by atoms with E-state index in [1.54, 1.807) is 0 Å². The van der Waals surface area contributed by atoms with Gasteiger partial charge in [0.1, 0.15) is 11.6 Å². The predicted octanol–water partition coefficient (Wildman–Crippen LogP) is 4.74. The van der Waals surface area contributed by atoms with Crippen molar-refractivity contribution in [3.8, 4) is 5.75 Å². The maximum absolute atomic E-state index is 5.69. The van der Waals surface area contributed by atoms with Gasteiger partial charge in [-0.3, -0.25) is 4.90 Å². The van der Waals surface area contributed by atoms with E-state index in [2.05, 4.69) is 53.4 Å². The molecule has 2 aromatic carbocycles. The molecule has 0 amide bonds. The van der Waals surface area contributed by atoms with Crippen molar-refractivity contribution in [3.05, 3.63) is 76.3 Å². The molecule has 1 fully saturated rings. The third kappa shape index (κ3) is 4.43. The Kier molecular flexibility index (Phi) is 6.11. The summed E-state index contributed by atoms with van der Waals surface area (Å²) in [4.78, 5) is 2.48. The molecule has 3 aromatic rings. The van der Waals surface area contributed by atoms with Crippen LogP contribution in [0.1, 0.15) is 42.8 Å². The van der Waals surface area contributed by atoms with Crippen LogP contribution in [-0.2, 0) is 20.1 Å². The first-order chi connectivity index (χ1) is 14.2. The highest BCUT2D eigenvalue weighted by Crippen LogP contribution is 2.33. The van der Waals surface area contributed by atoms with Gasteiger partial charge in [0.25, 0.3) is 0 Å². The summed E-state index contributed by atoms with van der Waals surface area (Å²) in [7, 11) is 2.01. The lowest BCUT2D eigenvalue weighted by molar-refractivity contribution is 0.189. The van der Waals surface area contributed by atoms with Crippen molar-refractivity contribution in [1.29, 1.82) is 0 Å². The Labute approximate surface area is 177 Å². The zero-order valence-corrected chi connectivity index (χ0v) is 17.9. The van der Waals surface area contributed by atoms with Crippen LogP contribution in [0.25, 0.3) is 0 Å². The van der Waals surface area contributed by atoms with Crippen molar-refractivity contribution in [2.45, 2.75) is 38.9 Å². The van der Waals surface area contributed by atoms with E-state index in [9.17, 15) is 0 Å². The van der Waals surface area contributed by atoms with E-state index >= 15 is 0 Å². The van der Waals surface area contributed by atoms with E-state index in [-0.39, 0.29) is 0 Å². The Balaban J connectivity index is 1.50. The number of likely N-dealkylation sites (tertiary alicyclic amines) is 1. The number of nitrogens with zero attached hydrogens (tertiary/aromatic N) is 4. The smallest absolute Gasteiger partial charge is 0.198 e. The quantitative estimate of drug-likeness (QED) is 0.529. The van der Waals surface area contributed by atoms with Gasteiger partial charge in [-0.2, -0.15) is 5.10 Å². The summed E-state index contributed by atoms with van der Waals surface area (Å²) in [5.41, 5.74) is 2.58. The van der Waals surface area contributed by atoms with Crippen LogP contribution < -0.4 is 4.74 Å². The van der Waals surface area contributed by atoms with Crippen LogP contribution in [0.3, 0.4) is 0 Å². The van der Waals surface area contributed by atoms with Crippen molar-refractivity contribution < 1.29 is 4.74 Å². The molecular formula is C23H28N4OS. The topological polar surface area (TPSA) is 35.2 Å². The van der Waals surface area contributed by atoms with E-state index in [0.29, 0.717) is 12.6 Å². The summed E-state index contributed by atoms with van der Waals surface area (Å²) in [6.07, 6.45) is 3.14. The molecule has 0 unspecified atom stereocenters. The Morgan fingerprint density at radius 2 is 1.86 bits per heavy atom. The Morgan fingerprint density at radius 1 is 1.10 bits per heavy atom. The molecule has 0 spiro atoms. The van der Waals surface area contributed by atoms with Gasteiger partial charge < -0.3 is 9.30 Å². The summed E-state index contributed by atoms with van der Waals surface area (Å²) in [6.45, 7) is 4.48. The second kappa shape index (κ2) is 8.93. The standard InChI is InChI=1S/C23H28N4OS/c1-3-28-20-13-11-19(12-14-20)21-10-7-15-26(21)17-27-23(29)25(2)22(24-27)16-18-8-5-4-6-9-18/h4-6,8-9,11-14,21H,3,7,10,15-17H2,1-2H3/t21-/m0/s1. The fraction of sp³-hybridized carbons (Fsp3) is 0.391. The first kappa shape index (κ1) is 19.9. The summed E-state index contributed by atoms with van der Waals surface area (Å²) in [5, 5.41) is 4.85. The minimum atomic E-state index is 0.396. The minimum absolute atomic E-state index is 0.396. The minimum Gasteiger partial charge on any atom is -0.494 e. The number of rotatable bonds is 7. The Morgan fingerprint density at radius 3 is 2.59 bits per heavy atom. The van der Waals surface area contributed by atoms with Gasteiger partial charge in [0.05, 0.1) is 13.3 Å². The number of hydrogen-bond acceptors (Lipinski definition) is 4. The average Bonchev–Trinajstić information content (AvgIpc) is 3.30. The van der Waals surface area contributed by atoms with Gasteiger partial charge in [-0.05, 0) is 55.2 Å². The van der Waals surface area contributed by atoms with E-state index < -0.39 is 0 Å². The lowest BCUT2D eigenvalue weighted by atomic mass is 10.0. The maximum atomic E-state index is 5.69. The Bertz CT molecular complexity index is 994. The van der Waals surface area contributed by atoms with Crippen LogP contribution in [0.2, 0.25) is 0 Å². The highest BCUT2D eigenvalue weighted by Gasteiger charge is 2.27. The molecule has 0 radical (unpaired) electrons. The monoisotopic (exact) mass is 408 g/mol. The lowest BCUT2D eigenvalue weighted by Gasteiger charge is -2.24. The lowest BCUT2D eigenvalue weighted by Crippen LogP contribution is -2.27. The molecule has 1 saturated heterocycles. The predicted molar refractivity (Wildman–Crippen MR) is 118 cm³/mol. The van der Waals surface area contributed by atoms with Gasteiger partial charge >= 0.3 is 0 Å². The van der Waals surface area contributed by atoms with Crippen LogP contribution in [0.15, 0.2) is 54.6 Å². The van der Waals surface area contributed by atoms with E-state index in [1.165, 1.54) is 17.5 Å². The Hall–Kier alpha value is -2.44. The molecule has 5 nitrogen and oxygen atoms in total. The fourth-order valence-electron chi connectivity index (χ4n) is 4.06. The molecule has 0 N–H and O–H groups in total. The van der Waals surface area contributed by atoms with Gasteiger partial charge in [0, 0.05) is 26.1 Å². The van der Waals surface area contributed by atoms with E-state index in [4.69, 9.17) is 22.1 Å². The molecule has 1 aliphatic rings. The zero-order valence-electron chi connectivity index (χ0n) is 17.1. The van der Waals surface area contributed by atoms with Crippen molar-refractivity contribution in [2.75, 3.05) is 13.2 Å². The van der Waals surface area contributed by atoms with Crippen molar-refractivity contribution in [2.24, 2.45) is 7.05 Å². The van der Waals surface area contributed by atoms with Gasteiger partial charge in [0.15, 0.2) is 4.77 Å². The highest BCUT2D eigenvalue weighted by atomic mass is 32.1. The molecule has 0 bridgehead atoms. The number of ether oxygens (including phenoxy) is 1. The van der Waals surface area contributed by atoms with Gasteiger partial charge in [-0.1, -0.05) is 42.5 Å². The molecule has 1 aliphatic heterocycles. The van der Waals surface area contributed by atoms with Crippen molar-refractivity contribution >= 4 is 12.2 Å². The first-order valence-electron chi connectivity index (χ1n) is 10.3. The molecule has 4 rings (SSSR count). The zero-order chi connectivity index (χ0) is 20.2. The summed E-state index contributed by atoms with van der Waals surface area (Å²) in [6, 6.07) is 19.3. The first-order valence-corrected chi connectivity index (χ1v) is 10.7. The summed E-state index contributed by atoms with van der Waals surface area (Å²) >= 11 is 5.69. The molecule has 1 atom stereocenters. The van der Waals surface area contributed by atoms with E-state index in [1.807, 2.05) is 29.3 Å². The molecule has 152 valence electrons. The van der Waals surface area contributed by atoms with Crippen LogP contribution in [0.4, 0.5) is 0 Å². The van der Waals surface area contributed by atoms with Crippen LogP contribution in [0.5, 0.6) is 5.75 Å². The van der Waals surface area contributed by atoms with Gasteiger partial charge in [-0.25, -0.2) is 4.68 Å². The maximum Gasteiger partial charge on any atom is 0.198 e. The molecule has 1 aromatic heterocycles. The van der Waals surface area contributed by atoms with Crippen LogP contribution >= 0.6 is 12.2 Å². The second-order valence-electron chi connectivity index (χ2n) is 7.53. The summed E-state index contributed by atoms with van der Waals surface area (Å²) < 4.78 is 10.4. The van der Waals surface area contributed by atoms with Crippen LogP contribution in [0, 0.1) is 4.77 Å². The third-order valence-electron chi connectivity index (χ3n) is 5.59. The number of hydrogen-bond donors (Lipinski definition) is 0. The molecule has 0 aliphatic carbocycles. The normalized spacial score (nSPS) is 17.0. The van der Waals surface area contributed by atoms with Crippen LogP contribution in [-0.4, -0.2) is 32.4 Å². The van der Waals surface area contributed by atoms with Gasteiger partial charge in [-0.15, -0.1) is 0 Å². The third-order valence-corrected chi connectivity index (χ3v) is 6.08. The molecular weight excluding hydrogens is 380 g/mol. The van der Waals surface area contributed by atoms with Crippen molar-refractivity contribution in [1.82, 2.24) is 19.2 Å². The largest absolute Gasteiger partial charge is 0.494 e. The molecule has 29 heavy (non-hydrogen) atoms. The SMILES string of the molecule is CCOc1ccc([C@@H]2CCCN2Cn2nc(Cc3ccccc3)n(C)c2=S)cc1. The molecule has 0 saturated carbocycles. The van der Waals surface area contributed by atoms with Gasteiger partial charge in [0.2, 0.25) is 0 Å². The van der Waals surface area contributed by atoms with E-state index in [0.717, 1.165) is 42.4 Å². The number of benzene rings is 2. The summed E-state index contributed by atoms with van der Waals surface area (Å²) in [5.74, 6) is 1.93.